The molecule has 0 saturated heterocycles. The molecule has 0 saturated carbocycles. The molecule has 2 rings (SSSR count). The van der Waals surface area contributed by atoms with E-state index in [1.54, 1.807) is 0 Å². The number of carbonyl (C=O) groups is 1. The summed E-state index contributed by atoms with van der Waals surface area (Å²) in [4.78, 5) is 10.6. The van der Waals surface area contributed by atoms with Crippen LogP contribution in [-0.4, -0.2) is 6.29 Å². The predicted molar refractivity (Wildman–Crippen MR) is 66.0 cm³/mol. The molecule has 0 atom stereocenters. The SMILES string of the molecule is O=Cc1cc(F)cc(Oc2ccc(F)c(Br)c2)c1. The second-order valence-electron chi connectivity index (χ2n) is 3.52. The van der Waals surface area contributed by atoms with Gasteiger partial charge in [-0.3, -0.25) is 4.79 Å². The Morgan fingerprint density at radius 3 is 2.50 bits per heavy atom. The summed E-state index contributed by atoms with van der Waals surface area (Å²) in [6.45, 7) is 0. The van der Waals surface area contributed by atoms with Crippen molar-refractivity contribution in [2.24, 2.45) is 0 Å². The zero-order valence-corrected chi connectivity index (χ0v) is 10.6. The smallest absolute Gasteiger partial charge is 0.150 e. The average Bonchev–Trinajstić information content (AvgIpc) is 2.33. The Morgan fingerprint density at radius 1 is 1.06 bits per heavy atom. The first-order valence-electron chi connectivity index (χ1n) is 4.97. The molecular formula is C13H7BrF2O2. The van der Waals surface area contributed by atoms with Gasteiger partial charge in [0.25, 0.3) is 0 Å². The number of halogens is 3. The first kappa shape index (κ1) is 12.7. The van der Waals surface area contributed by atoms with E-state index >= 15 is 0 Å². The van der Waals surface area contributed by atoms with Gasteiger partial charge < -0.3 is 4.74 Å². The van der Waals surface area contributed by atoms with Gasteiger partial charge in [0, 0.05) is 11.6 Å². The molecule has 0 N–H and O–H groups in total. The first-order valence-corrected chi connectivity index (χ1v) is 5.76. The average molecular weight is 313 g/mol. The molecule has 92 valence electrons. The minimum atomic E-state index is -0.573. The van der Waals surface area contributed by atoms with Crippen LogP contribution in [0.25, 0.3) is 0 Å². The van der Waals surface area contributed by atoms with Crippen molar-refractivity contribution in [1.29, 1.82) is 0 Å². The van der Waals surface area contributed by atoms with Crippen LogP contribution < -0.4 is 4.74 Å². The Labute approximate surface area is 110 Å². The maximum atomic E-state index is 13.2. The predicted octanol–water partition coefficient (Wildman–Crippen LogP) is 4.33. The summed E-state index contributed by atoms with van der Waals surface area (Å²) >= 11 is 3.02. The molecule has 2 aromatic rings. The fourth-order valence-electron chi connectivity index (χ4n) is 1.39. The van der Waals surface area contributed by atoms with Crippen LogP contribution in [0.5, 0.6) is 11.5 Å². The zero-order chi connectivity index (χ0) is 13.1. The molecular weight excluding hydrogens is 306 g/mol. The molecule has 0 heterocycles. The molecule has 0 aromatic heterocycles. The lowest BCUT2D eigenvalue weighted by atomic mass is 10.2. The van der Waals surface area contributed by atoms with E-state index in [9.17, 15) is 13.6 Å². The highest BCUT2D eigenvalue weighted by atomic mass is 79.9. The summed E-state index contributed by atoms with van der Waals surface area (Å²) in [6.07, 6.45) is 0.524. The van der Waals surface area contributed by atoms with E-state index in [-0.39, 0.29) is 15.8 Å². The van der Waals surface area contributed by atoms with Gasteiger partial charge in [-0.05, 0) is 46.3 Å². The lowest BCUT2D eigenvalue weighted by molar-refractivity contribution is 0.112. The second kappa shape index (κ2) is 5.27. The fourth-order valence-corrected chi connectivity index (χ4v) is 1.75. The quantitative estimate of drug-likeness (QED) is 0.788. The number of hydrogen-bond acceptors (Lipinski definition) is 2. The molecule has 0 aliphatic carbocycles. The number of ether oxygens (including phenoxy) is 1. The summed E-state index contributed by atoms with van der Waals surface area (Å²) in [5, 5.41) is 0. The molecule has 0 spiro atoms. The maximum absolute atomic E-state index is 13.2. The van der Waals surface area contributed by atoms with Crippen molar-refractivity contribution in [1.82, 2.24) is 0 Å². The van der Waals surface area contributed by atoms with E-state index in [0.29, 0.717) is 12.0 Å². The maximum Gasteiger partial charge on any atom is 0.150 e. The Bertz CT molecular complexity index is 600. The minimum Gasteiger partial charge on any atom is -0.457 e. The molecule has 2 nitrogen and oxygen atoms in total. The molecule has 0 unspecified atom stereocenters. The van der Waals surface area contributed by atoms with E-state index in [1.165, 1.54) is 24.3 Å². The first-order chi connectivity index (χ1) is 8.58. The monoisotopic (exact) mass is 312 g/mol. The van der Waals surface area contributed by atoms with E-state index in [1.807, 2.05) is 0 Å². The van der Waals surface area contributed by atoms with E-state index in [2.05, 4.69) is 15.9 Å². The van der Waals surface area contributed by atoms with Crippen LogP contribution in [0.15, 0.2) is 40.9 Å². The Hall–Kier alpha value is -1.75. The van der Waals surface area contributed by atoms with Crippen molar-refractivity contribution in [3.05, 3.63) is 58.1 Å². The number of benzene rings is 2. The lowest BCUT2D eigenvalue weighted by Crippen LogP contribution is -1.89. The van der Waals surface area contributed by atoms with Crippen LogP contribution >= 0.6 is 15.9 Å². The third-order valence-electron chi connectivity index (χ3n) is 2.16. The third-order valence-corrected chi connectivity index (χ3v) is 2.76. The standard InChI is InChI=1S/C13H7BrF2O2/c14-12-6-10(1-2-13(12)16)18-11-4-8(7-17)3-9(15)5-11/h1-7H. The van der Waals surface area contributed by atoms with Gasteiger partial charge in [0.2, 0.25) is 0 Å². The molecule has 18 heavy (non-hydrogen) atoms. The lowest BCUT2D eigenvalue weighted by Gasteiger charge is -2.07. The molecule has 2 aromatic carbocycles. The van der Waals surface area contributed by atoms with Crippen molar-refractivity contribution in [3.8, 4) is 11.5 Å². The van der Waals surface area contributed by atoms with Crippen molar-refractivity contribution < 1.29 is 18.3 Å². The third kappa shape index (κ3) is 2.92. The van der Waals surface area contributed by atoms with E-state index < -0.39 is 11.6 Å². The van der Waals surface area contributed by atoms with Gasteiger partial charge in [0.05, 0.1) is 4.47 Å². The van der Waals surface area contributed by atoms with Crippen molar-refractivity contribution in [2.75, 3.05) is 0 Å². The molecule has 0 radical (unpaired) electrons. The van der Waals surface area contributed by atoms with Crippen molar-refractivity contribution in [2.45, 2.75) is 0 Å². The van der Waals surface area contributed by atoms with Crippen LogP contribution in [0.3, 0.4) is 0 Å². The van der Waals surface area contributed by atoms with E-state index in [4.69, 9.17) is 4.74 Å². The number of hydrogen-bond donors (Lipinski definition) is 0. The molecule has 0 fully saturated rings. The summed E-state index contributed by atoms with van der Waals surface area (Å²) in [6, 6.07) is 7.68. The summed E-state index contributed by atoms with van der Waals surface area (Å²) in [5.74, 6) is -0.479. The Balaban J connectivity index is 2.30. The van der Waals surface area contributed by atoms with Gasteiger partial charge >= 0.3 is 0 Å². The van der Waals surface area contributed by atoms with Crippen molar-refractivity contribution in [3.63, 3.8) is 0 Å². The van der Waals surface area contributed by atoms with Gasteiger partial charge in [-0.1, -0.05) is 0 Å². The van der Waals surface area contributed by atoms with Crippen LogP contribution in [-0.2, 0) is 0 Å². The molecule has 0 aliphatic rings. The highest BCUT2D eigenvalue weighted by Gasteiger charge is 2.05. The topological polar surface area (TPSA) is 26.3 Å². The molecule has 0 bridgehead atoms. The van der Waals surface area contributed by atoms with Crippen LogP contribution in [0.1, 0.15) is 10.4 Å². The second-order valence-corrected chi connectivity index (χ2v) is 4.37. The molecule has 5 heteroatoms. The van der Waals surface area contributed by atoms with Gasteiger partial charge in [0.15, 0.2) is 0 Å². The zero-order valence-electron chi connectivity index (χ0n) is 8.99. The Kier molecular flexibility index (Phi) is 3.72. The highest BCUT2D eigenvalue weighted by molar-refractivity contribution is 9.10. The van der Waals surface area contributed by atoms with E-state index in [0.717, 1.165) is 12.1 Å². The van der Waals surface area contributed by atoms with Crippen LogP contribution in [0, 0.1) is 11.6 Å². The summed E-state index contributed by atoms with van der Waals surface area (Å²) in [7, 11) is 0. The summed E-state index contributed by atoms with van der Waals surface area (Å²) in [5.41, 5.74) is 0.172. The van der Waals surface area contributed by atoms with Crippen LogP contribution in [0.4, 0.5) is 8.78 Å². The number of aldehydes is 1. The van der Waals surface area contributed by atoms with Gasteiger partial charge in [0.1, 0.15) is 29.4 Å². The van der Waals surface area contributed by atoms with Crippen LogP contribution in [0.2, 0.25) is 0 Å². The Morgan fingerprint density at radius 2 is 1.83 bits per heavy atom. The highest BCUT2D eigenvalue weighted by Crippen LogP contribution is 2.27. The number of rotatable bonds is 3. The number of carbonyl (C=O) groups excluding carboxylic acids is 1. The molecule has 0 amide bonds. The fraction of sp³-hybridized carbons (Fsp3) is 0. The largest absolute Gasteiger partial charge is 0.457 e. The summed E-state index contributed by atoms with van der Waals surface area (Å²) < 4.78 is 31.7. The van der Waals surface area contributed by atoms with Gasteiger partial charge in [-0.15, -0.1) is 0 Å². The minimum absolute atomic E-state index is 0.172. The normalized spacial score (nSPS) is 10.2. The van der Waals surface area contributed by atoms with Gasteiger partial charge in [-0.2, -0.15) is 0 Å². The van der Waals surface area contributed by atoms with Crippen molar-refractivity contribution >= 4 is 22.2 Å². The molecule has 0 aliphatic heterocycles. The van der Waals surface area contributed by atoms with Gasteiger partial charge in [-0.25, -0.2) is 8.78 Å².